The van der Waals surface area contributed by atoms with Crippen molar-refractivity contribution < 1.29 is 14.3 Å². The van der Waals surface area contributed by atoms with Gasteiger partial charge in [-0.15, -0.1) is 22.7 Å². The van der Waals surface area contributed by atoms with Crippen LogP contribution >= 0.6 is 22.7 Å². The molecule has 2 aromatic heterocycles. The first kappa shape index (κ1) is 16.6. The maximum atomic E-state index is 12.0. The van der Waals surface area contributed by atoms with Gasteiger partial charge in [-0.3, -0.25) is 9.59 Å². The number of thiazole rings is 1. The highest BCUT2D eigenvalue weighted by Crippen LogP contribution is 2.27. The summed E-state index contributed by atoms with van der Waals surface area (Å²) >= 11 is 3.09. The summed E-state index contributed by atoms with van der Waals surface area (Å²) in [5, 5.41) is 7.50. The molecule has 7 heteroatoms. The molecule has 0 aliphatic carbocycles. The van der Waals surface area contributed by atoms with Gasteiger partial charge < -0.3 is 10.1 Å². The minimum absolute atomic E-state index is 0.146. The standard InChI is InChI=1S/C15H18N2O3S2/c1-20-13(18)7-3-2-4-8-16-14(19)11-10-22-15(17-11)12-6-5-9-21-12/h5-6,9-10H,2-4,7-8H2,1H3,(H,16,19). The molecule has 1 N–H and O–H groups in total. The van der Waals surface area contributed by atoms with Crippen LogP contribution in [0.4, 0.5) is 0 Å². The summed E-state index contributed by atoms with van der Waals surface area (Å²) in [6.07, 6.45) is 2.93. The van der Waals surface area contributed by atoms with Crippen LogP contribution in [0.25, 0.3) is 9.88 Å². The smallest absolute Gasteiger partial charge is 0.305 e. The van der Waals surface area contributed by atoms with Gasteiger partial charge in [0.25, 0.3) is 5.91 Å². The van der Waals surface area contributed by atoms with E-state index < -0.39 is 0 Å². The van der Waals surface area contributed by atoms with Crippen LogP contribution in [-0.4, -0.2) is 30.5 Å². The highest BCUT2D eigenvalue weighted by molar-refractivity contribution is 7.20. The predicted molar refractivity (Wildman–Crippen MR) is 88.2 cm³/mol. The first-order chi connectivity index (χ1) is 10.7. The lowest BCUT2D eigenvalue weighted by Gasteiger charge is -2.03. The van der Waals surface area contributed by atoms with Crippen molar-refractivity contribution in [3.05, 3.63) is 28.6 Å². The number of carbonyl (C=O) groups is 2. The van der Waals surface area contributed by atoms with Gasteiger partial charge in [-0.25, -0.2) is 4.98 Å². The average molecular weight is 338 g/mol. The van der Waals surface area contributed by atoms with E-state index in [0.29, 0.717) is 18.7 Å². The number of rotatable bonds is 8. The van der Waals surface area contributed by atoms with Crippen LogP contribution < -0.4 is 5.32 Å². The highest BCUT2D eigenvalue weighted by atomic mass is 32.1. The van der Waals surface area contributed by atoms with Crippen LogP contribution in [0, 0.1) is 0 Å². The van der Waals surface area contributed by atoms with Gasteiger partial charge in [0.2, 0.25) is 0 Å². The molecule has 1 amide bonds. The van der Waals surface area contributed by atoms with Gasteiger partial charge in [-0.1, -0.05) is 12.5 Å². The molecule has 0 fully saturated rings. The van der Waals surface area contributed by atoms with Gasteiger partial charge in [0.1, 0.15) is 10.7 Å². The quantitative estimate of drug-likeness (QED) is 0.592. The largest absolute Gasteiger partial charge is 0.469 e. The van der Waals surface area contributed by atoms with E-state index in [4.69, 9.17) is 0 Å². The molecule has 0 aromatic carbocycles. The molecular weight excluding hydrogens is 320 g/mol. The molecule has 2 rings (SSSR count). The van der Waals surface area contributed by atoms with E-state index in [0.717, 1.165) is 29.1 Å². The van der Waals surface area contributed by atoms with Gasteiger partial charge in [0, 0.05) is 18.3 Å². The normalized spacial score (nSPS) is 10.4. The number of esters is 1. The first-order valence-electron chi connectivity index (χ1n) is 7.05. The van der Waals surface area contributed by atoms with Crippen LogP contribution in [0.2, 0.25) is 0 Å². The van der Waals surface area contributed by atoms with Crippen LogP contribution in [0.15, 0.2) is 22.9 Å². The molecule has 0 bridgehead atoms. The number of hydrogen-bond acceptors (Lipinski definition) is 6. The number of nitrogens with zero attached hydrogens (tertiary/aromatic N) is 1. The Kier molecular flexibility index (Phi) is 6.54. The molecule has 2 heterocycles. The summed E-state index contributed by atoms with van der Waals surface area (Å²) < 4.78 is 4.57. The topological polar surface area (TPSA) is 68.3 Å². The van der Waals surface area contributed by atoms with E-state index in [-0.39, 0.29) is 11.9 Å². The second-order valence-electron chi connectivity index (χ2n) is 4.66. The van der Waals surface area contributed by atoms with Crippen molar-refractivity contribution in [2.75, 3.05) is 13.7 Å². The molecule has 0 aliphatic rings. The number of amides is 1. The second-order valence-corrected chi connectivity index (χ2v) is 6.46. The number of hydrogen-bond donors (Lipinski definition) is 1. The molecular formula is C15H18N2O3S2. The number of carbonyl (C=O) groups excluding carboxylic acids is 2. The van der Waals surface area contributed by atoms with Crippen molar-refractivity contribution in [2.45, 2.75) is 25.7 Å². The first-order valence-corrected chi connectivity index (χ1v) is 8.81. The number of unbranched alkanes of at least 4 members (excludes halogenated alkanes) is 2. The minimum Gasteiger partial charge on any atom is -0.469 e. The van der Waals surface area contributed by atoms with E-state index in [1.54, 1.807) is 16.7 Å². The van der Waals surface area contributed by atoms with Gasteiger partial charge >= 0.3 is 5.97 Å². The molecule has 0 spiro atoms. The highest BCUT2D eigenvalue weighted by Gasteiger charge is 2.11. The Hall–Kier alpha value is -1.73. The van der Waals surface area contributed by atoms with Crippen molar-refractivity contribution in [3.63, 3.8) is 0 Å². The zero-order chi connectivity index (χ0) is 15.8. The Labute approximate surface area is 137 Å². The summed E-state index contributed by atoms with van der Waals surface area (Å²) in [5.74, 6) is -0.334. The number of ether oxygens (including phenoxy) is 1. The molecule has 2 aromatic rings. The van der Waals surface area contributed by atoms with Crippen molar-refractivity contribution >= 4 is 34.6 Å². The molecule has 0 radical (unpaired) electrons. The summed E-state index contributed by atoms with van der Waals surface area (Å²) in [4.78, 5) is 28.3. The maximum Gasteiger partial charge on any atom is 0.305 e. The Bertz CT molecular complexity index is 608. The van der Waals surface area contributed by atoms with Gasteiger partial charge in [0.05, 0.1) is 12.0 Å². The summed E-state index contributed by atoms with van der Waals surface area (Å²) in [5.41, 5.74) is 0.461. The fraction of sp³-hybridized carbons (Fsp3) is 0.400. The van der Waals surface area contributed by atoms with Gasteiger partial charge in [-0.2, -0.15) is 0 Å². The van der Waals surface area contributed by atoms with E-state index in [9.17, 15) is 9.59 Å². The van der Waals surface area contributed by atoms with Crippen LogP contribution in [0.3, 0.4) is 0 Å². The molecule has 22 heavy (non-hydrogen) atoms. The zero-order valence-corrected chi connectivity index (χ0v) is 14.0. The van der Waals surface area contributed by atoms with E-state index in [2.05, 4.69) is 15.0 Å². The number of methoxy groups -OCH3 is 1. The van der Waals surface area contributed by atoms with Gasteiger partial charge in [0.15, 0.2) is 0 Å². The molecule has 0 atom stereocenters. The summed E-state index contributed by atoms with van der Waals surface area (Å²) in [6.45, 7) is 0.589. The Morgan fingerprint density at radius 1 is 1.27 bits per heavy atom. The molecule has 0 aliphatic heterocycles. The van der Waals surface area contributed by atoms with Crippen molar-refractivity contribution in [2.24, 2.45) is 0 Å². The van der Waals surface area contributed by atoms with E-state index in [1.165, 1.54) is 18.4 Å². The van der Waals surface area contributed by atoms with Crippen LogP contribution in [0.1, 0.15) is 36.2 Å². The molecule has 0 saturated heterocycles. The third kappa shape index (κ3) is 4.92. The zero-order valence-electron chi connectivity index (χ0n) is 12.3. The molecule has 0 saturated carbocycles. The van der Waals surface area contributed by atoms with Crippen molar-refractivity contribution in [1.29, 1.82) is 0 Å². The lowest BCUT2D eigenvalue weighted by molar-refractivity contribution is -0.140. The average Bonchev–Trinajstić information content (AvgIpc) is 3.20. The fourth-order valence-corrected chi connectivity index (χ4v) is 3.47. The Morgan fingerprint density at radius 3 is 2.86 bits per heavy atom. The summed E-state index contributed by atoms with van der Waals surface area (Å²) in [7, 11) is 1.39. The molecule has 5 nitrogen and oxygen atoms in total. The number of nitrogens with one attached hydrogen (secondary N) is 1. The monoisotopic (exact) mass is 338 g/mol. The SMILES string of the molecule is COC(=O)CCCCCNC(=O)c1csc(-c2cccs2)n1. The lowest BCUT2D eigenvalue weighted by Crippen LogP contribution is -2.24. The Morgan fingerprint density at radius 2 is 2.14 bits per heavy atom. The van der Waals surface area contributed by atoms with Crippen LogP contribution in [-0.2, 0) is 9.53 Å². The lowest BCUT2D eigenvalue weighted by atomic mass is 10.2. The number of aromatic nitrogens is 1. The maximum absolute atomic E-state index is 12.0. The fourth-order valence-electron chi connectivity index (χ4n) is 1.86. The third-order valence-corrected chi connectivity index (χ3v) is 4.92. The predicted octanol–water partition coefficient (Wildman–Crippen LogP) is 3.33. The van der Waals surface area contributed by atoms with E-state index in [1.807, 2.05) is 17.5 Å². The second kappa shape index (κ2) is 8.65. The molecule has 0 unspecified atom stereocenters. The van der Waals surface area contributed by atoms with Crippen LogP contribution in [0.5, 0.6) is 0 Å². The van der Waals surface area contributed by atoms with Gasteiger partial charge in [-0.05, 0) is 24.3 Å². The number of thiophene rings is 1. The van der Waals surface area contributed by atoms with E-state index >= 15 is 0 Å². The van der Waals surface area contributed by atoms with Crippen molar-refractivity contribution in [3.8, 4) is 9.88 Å². The van der Waals surface area contributed by atoms with Crippen molar-refractivity contribution in [1.82, 2.24) is 10.3 Å². The minimum atomic E-state index is -0.187. The third-order valence-electron chi connectivity index (χ3n) is 3.04. The molecule has 118 valence electrons. The Balaban J connectivity index is 1.68. The summed E-state index contributed by atoms with van der Waals surface area (Å²) in [6, 6.07) is 3.96.